The highest BCUT2D eigenvalue weighted by atomic mass is 19.1. The van der Waals surface area contributed by atoms with Crippen molar-refractivity contribution in [1.82, 2.24) is 4.98 Å². The Hall–Kier alpha value is -1.64. The number of fused-ring (bicyclic) bond motifs is 1. The molecular formula is C13H12FNO. The van der Waals surface area contributed by atoms with Gasteiger partial charge in [0, 0.05) is 17.1 Å². The Balaban J connectivity index is 2.33. The topological polar surface area (TPSA) is 32.9 Å². The van der Waals surface area contributed by atoms with Gasteiger partial charge in [0.1, 0.15) is 5.82 Å². The van der Waals surface area contributed by atoms with Crippen LogP contribution >= 0.6 is 0 Å². The number of aryl methyl sites for hydroxylation is 1. The van der Waals surface area contributed by atoms with Gasteiger partial charge in [-0.3, -0.25) is 4.79 Å². The van der Waals surface area contributed by atoms with Gasteiger partial charge in [-0.15, -0.1) is 0 Å². The minimum absolute atomic E-state index is 0.0150. The molecule has 0 atom stereocenters. The molecule has 1 N–H and O–H groups in total. The Labute approximate surface area is 92.1 Å². The maximum absolute atomic E-state index is 13.4. The van der Waals surface area contributed by atoms with E-state index in [0.717, 1.165) is 18.5 Å². The molecule has 1 fully saturated rings. The van der Waals surface area contributed by atoms with Crippen molar-refractivity contribution in [3.63, 3.8) is 0 Å². The van der Waals surface area contributed by atoms with E-state index in [1.165, 1.54) is 6.07 Å². The summed E-state index contributed by atoms with van der Waals surface area (Å²) in [6.45, 7) is 1.67. The van der Waals surface area contributed by atoms with Crippen LogP contribution in [0.3, 0.4) is 0 Å². The lowest BCUT2D eigenvalue weighted by atomic mass is 10.1. The summed E-state index contributed by atoms with van der Waals surface area (Å²) in [4.78, 5) is 15.0. The van der Waals surface area contributed by atoms with Gasteiger partial charge >= 0.3 is 0 Å². The second kappa shape index (κ2) is 3.17. The predicted molar refractivity (Wildman–Crippen MR) is 61.2 cm³/mol. The van der Waals surface area contributed by atoms with E-state index in [1.807, 2.05) is 0 Å². The molecular weight excluding hydrogens is 205 g/mol. The molecule has 1 aliphatic carbocycles. The van der Waals surface area contributed by atoms with Crippen LogP contribution in [0.15, 0.2) is 23.0 Å². The summed E-state index contributed by atoms with van der Waals surface area (Å²) in [5, 5.41) is 0.573. The molecule has 0 aliphatic heterocycles. The van der Waals surface area contributed by atoms with Crippen LogP contribution in [0, 0.1) is 12.7 Å². The van der Waals surface area contributed by atoms with Crippen molar-refractivity contribution in [2.45, 2.75) is 25.7 Å². The molecule has 3 rings (SSSR count). The summed E-state index contributed by atoms with van der Waals surface area (Å²) >= 11 is 0. The molecule has 1 heterocycles. The number of benzene rings is 1. The molecule has 3 heteroatoms. The Morgan fingerprint density at radius 2 is 2.06 bits per heavy atom. The number of aromatic amines is 1. The highest BCUT2D eigenvalue weighted by Crippen LogP contribution is 2.38. The molecule has 82 valence electrons. The minimum Gasteiger partial charge on any atom is -0.358 e. The van der Waals surface area contributed by atoms with E-state index in [0.29, 0.717) is 22.4 Å². The highest BCUT2D eigenvalue weighted by Gasteiger charge is 2.25. The Kier molecular flexibility index (Phi) is 1.90. The highest BCUT2D eigenvalue weighted by molar-refractivity contribution is 5.79. The van der Waals surface area contributed by atoms with Crippen molar-refractivity contribution >= 4 is 10.9 Å². The minimum atomic E-state index is -0.268. The van der Waals surface area contributed by atoms with Crippen LogP contribution in [-0.2, 0) is 0 Å². The average molecular weight is 217 g/mol. The molecule has 16 heavy (non-hydrogen) atoms. The number of H-pyrrole nitrogens is 1. The van der Waals surface area contributed by atoms with Crippen LogP contribution in [0.4, 0.5) is 4.39 Å². The predicted octanol–water partition coefficient (Wildman–Crippen LogP) is 2.85. The maximum Gasteiger partial charge on any atom is 0.189 e. The van der Waals surface area contributed by atoms with Gasteiger partial charge in [0.15, 0.2) is 5.43 Å². The smallest absolute Gasteiger partial charge is 0.189 e. The van der Waals surface area contributed by atoms with E-state index in [4.69, 9.17) is 0 Å². The zero-order valence-corrected chi connectivity index (χ0v) is 9.01. The number of aromatic nitrogens is 1. The molecule has 2 nitrogen and oxygen atoms in total. The number of hydrogen-bond donors (Lipinski definition) is 1. The summed E-state index contributed by atoms with van der Waals surface area (Å²) in [5.74, 6) is 0.206. The van der Waals surface area contributed by atoms with Crippen LogP contribution < -0.4 is 5.43 Å². The monoisotopic (exact) mass is 217 g/mol. The standard InChI is InChI=1S/C13H12FNO/c1-7-4-9-12(5-10(7)14)15-11(6-13(9)16)8-2-3-8/h4-6,8H,2-3H2,1H3,(H,15,16). The Bertz CT molecular complexity index is 626. The molecule has 1 aromatic carbocycles. The molecule has 1 aromatic heterocycles. The summed E-state index contributed by atoms with van der Waals surface area (Å²) in [6.07, 6.45) is 2.24. The Morgan fingerprint density at radius 1 is 1.31 bits per heavy atom. The number of halogens is 1. The third kappa shape index (κ3) is 1.43. The van der Waals surface area contributed by atoms with Gasteiger partial charge in [0.05, 0.1) is 5.52 Å². The van der Waals surface area contributed by atoms with E-state index in [2.05, 4.69) is 4.98 Å². The average Bonchev–Trinajstić information content (AvgIpc) is 3.04. The number of nitrogens with one attached hydrogen (secondary N) is 1. The van der Waals surface area contributed by atoms with Gasteiger partial charge in [0.2, 0.25) is 0 Å². The first-order valence-electron chi connectivity index (χ1n) is 5.48. The third-order valence-electron chi connectivity index (χ3n) is 3.15. The summed E-state index contributed by atoms with van der Waals surface area (Å²) < 4.78 is 13.4. The van der Waals surface area contributed by atoms with Crippen molar-refractivity contribution in [2.75, 3.05) is 0 Å². The first kappa shape index (κ1) is 9.58. The zero-order valence-electron chi connectivity index (χ0n) is 9.01. The normalized spacial score (nSPS) is 15.6. The Morgan fingerprint density at radius 3 is 2.75 bits per heavy atom. The van der Waals surface area contributed by atoms with E-state index < -0.39 is 0 Å². The second-order valence-corrected chi connectivity index (χ2v) is 4.51. The summed E-state index contributed by atoms with van der Waals surface area (Å²) in [7, 11) is 0. The van der Waals surface area contributed by atoms with Gasteiger partial charge in [0.25, 0.3) is 0 Å². The van der Waals surface area contributed by atoms with Crippen molar-refractivity contribution < 1.29 is 4.39 Å². The van der Waals surface area contributed by atoms with E-state index >= 15 is 0 Å². The van der Waals surface area contributed by atoms with Crippen LogP contribution in [-0.4, -0.2) is 4.98 Å². The van der Waals surface area contributed by atoms with Crippen LogP contribution in [0.1, 0.15) is 30.0 Å². The van der Waals surface area contributed by atoms with Gasteiger partial charge in [-0.05, 0) is 43.4 Å². The zero-order chi connectivity index (χ0) is 11.3. The lowest BCUT2D eigenvalue weighted by Crippen LogP contribution is -2.05. The molecule has 0 amide bonds. The molecule has 0 saturated heterocycles. The molecule has 1 aliphatic rings. The molecule has 0 radical (unpaired) electrons. The van der Waals surface area contributed by atoms with Crippen LogP contribution in [0.2, 0.25) is 0 Å². The summed E-state index contributed by atoms with van der Waals surface area (Å²) in [6, 6.07) is 4.68. The quantitative estimate of drug-likeness (QED) is 0.782. The fourth-order valence-electron chi connectivity index (χ4n) is 2.01. The lowest BCUT2D eigenvalue weighted by molar-refractivity contribution is 0.620. The first-order chi connectivity index (χ1) is 7.65. The van der Waals surface area contributed by atoms with E-state index in [1.54, 1.807) is 19.1 Å². The molecule has 0 bridgehead atoms. The largest absolute Gasteiger partial charge is 0.358 e. The molecule has 0 spiro atoms. The fourth-order valence-corrected chi connectivity index (χ4v) is 2.01. The van der Waals surface area contributed by atoms with Crippen LogP contribution in [0.5, 0.6) is 0 Å². The number of hydrogen-bond acceptors (Lipinski definition) is 1. The lowest BCUT2D eigenvalue weighted by Gasteiger charge is -2.04. The SMILES string of the molecule is Cc1cc2c(=O)cc(C3CC3)[nH]c2cc1F. The molecule has 2 aromatic rings. The van der Waals surface area contributed by atoms with E-state index in [-0.39, 0.29) is 11.2 Å². The molecule has 1 saturated carbocycles. The van der Waals surface area contributed by atoms with Gasteiger partial charge in [-0.1, -0.05) is 0 Å². The first-order valence-corrected chi connectivity index (χ1v) is 5.48. The van der Waals surface area contributed by atoms with Gasteiger partial charge < -0.3 is 4.98 Å². The fraction of sp³-hybridized carbons (Fsp3) is 0.308. The maximum atomic E-state index is 13.4. The third-order valence-corrected chi connectivity index (χ3v) is 3.15. The molecule has 0 unspecified atom stereocenters. The van der Waals surface area contributed by atoms with Crippen molar-refractivity contribution in [3.05, 3.63) is 45.5 Å². The summed E-state index contributed by atoms with van der Waals surface area (Å²) in [5.41, 5.74) is 2.05. The van der Waals surface area contributed by atoms with Crippen molar-refractivity contribution in [1.29, 1.82) is 0 Å². The van der Waals surface area contributed by atoms with Crippen molar-refractivity contribution in [2.24, 2.45) is 0 Å². The van der Waals surface area contributed by atoms with Crippen LogP contribution in [0.25, 0.3) is 10.9 Å². The number of rotatable bonds is 1. The van der Waals surface area contributed by atoms with Gasteiger partial charge in [-0.25, -0.2) is 4.39 Å². The van der Waals surface area contributed by atoms with Crippen molar-refractivity contribution in [3.8, 4) is 0 Å². The number of pyridine rings is 1. The van der Waals surface area contributed by atoms with Gasteiger partial charge in [-0.2, -0.15) is 0 Å². The second-order valence-electron chi connectivity index (χ2n) is 4.51. The van der Waals surface area contributed by atoms with E-state index in [9.17, 15) is 9.18 Å².